The molecule has 0 bridgehead atoms. The molecule has 63 heavy (non-hydrogen) atoms. The molecule has 5 rings (SSSR count). The average molecular weight is 1040 g/mol. The van der Waals surface area contributed by atoms with E-state index in [1.54, 1.807) is 33.4 Å². The maximum absolute atomic E-state index is 12.1. The minimum atomic E-state index is -4.73. The summed E-state index contributed by atoms with van der Waals surface area (Å²) in [6, 6.07) is 17.5. The van der Waals surface area contributed by atoms with Crippen molar-refractivity contribution in [3.8, 4) is 23.0 Å². The molecule has 0 aliphatic carbocycles. The van der Waals surface area contributed by atoms with Gasteiger partial charge in [0.1, 0.15) is 29.6 Å². The lowest BCUT2D eigenvalue weighted by atomic mass is 10.1. The minimum absolute atomic E-state index is 0.0105. The highest BCUT2D eigenvalue weighted by atomic mass is 32.2. The fourth-order valence-corrected chi connectivity index (χ4v) is 9.31. The lowest BCUT2D eigenvalue weighted by Crippen LogP contribution is -2.14. The van der Waals surface area contributed by atoms with Crippen molar-refractivity contribution in [1.82, 2.24) is 9.13 Å². The highest BCUT2D eigenvalue weighted by Gasteiger charge is 2.24. The number of aromatic nitrogens is 2. The number of hydrogen-bond acceptors (Lipinski definition) is 20. The molecule has 0 unspecified atom stereocenters. The molecule has 2 heterocycles. The Kier molecular flexibility index (Phi) is 24.2. The topological polar surface area (TPSA) is 179 Å². The zero-order valence-electron chi connectivity index (χ0n) is 33.9. The van der Waals surface area contributed by atoms with Crippen molar-refractivity contribution in [3.05, 3.63) is 66.2 Å². The van der Waals surface area contributed by atoms with Crippen molar-refractivity contribution < 1.29 is 61.2 Å². The van der Waals surface area contributed by atoms with Crippen molar-refractivity contribution in [2.75, 3.05) is 37.9 Å². The second-order valence-corrected chi connectivity index (χ2v) is 19.0. The predicted molar refractivity (Wildman–Crippen MR) is 262 cm³/mol. The van der Waals surface area contributed by atoms with Gasteiger partial charge in [0.2, 0.25) is 0 Å². The third-order valence-corrected chi connectivity index (χ3v) is 13.0. The highest BCUT2D eigenvalue weighted by molar-refractivity contribution is 7.94. The number of unbranched alkanes of at least 4 members (excludes halogenated alkanes) is 4. The van der Waals surface area contributed by atoms with Gasteiger partial charge in [-0.05, 0) is 116 Å². The van der Waals surface area contributed by atoms with Crippen LogP contribution in [0.15, 0.2) is 95.5 Å². The molecule has 3 aromatic carbocycles. The minimum Gasteiger partial charge on any atom is -0.493 e. The maximum Gasteiger partial charge on any atom is 0.298 e. The van der Waals surface area contributed by atoms with E-state index >= 15 is 0 Å². The Morgan fingerprint density at radius 1 is 0.587 bits per heavy atom. The number of ether oxygens (including phenoxy) is 4. The van der Waals surface area contributed by atoms with Crippen molar-refractivity contribution >= 4 is 121 Å². The Balaban J connectivity index is 0.000000280. The van der Waals surface area contributed by atoms with Crippen LogP contribution in [0.4, 0.5) is 0 Å². The van der Waals surface area contributed by atoms with Crippen LogP contribution in [0.1, 0.15) is 44.1 Å². The molecule has 0 amide bonds. The van der Waals surface area contributed by atoms with E-state index in [-0.39, 0.29) is 29.6 Å². The number of fused-ring (bicyclic) bond motifs is 1. The third kappa shape index (κ3) is 17.4. The Morgan fingerprint density at radius 3 is 1.54 bits per heavy atom. The van der Waals surface area contributed by atoms with Gasteiger partial charge in [-0.3, -0.25) is 4.55 Å². The second kappa shape index (κ2) is 28.4. The normalized spacial score (nSPS) is 11.5. The summed E-state index contributed by atoms with van der Waals surface area (Å²) in [7, 11) is -4.73. The van der Waals surface area contributed by atoms with Crippen LogP contribution >= 0.6 is 99.9 Å². The van der Waals surface area contributed by atoms with Gasteiger partial charge in [0, 0.05) is 15.9 Å². The van der Waals surface area contributed by atoms with Crippen LogP contribution in [0.25, 0.3) is 10.8 Å². The molecule has 24 heteroatoms. The molecule has 3 N–H and O–H groups in total. The fourth-order valence-electron chi connectivity index (χ4n) is 5.96. The number of benzene rings is 3. The van der Waals surface area contributed by atoms with E-state index < -0.39 is 15.0 Å². The molecule has 0 spiro atoms. The van der Waals surface area contributed by atoms with Crippen molar-refractivity contribution in [2.24, 2.45) is 0 Å². The van der Waals surface area contributed by atoms with E-state index in [0.717, 1.165) is 101 Å². The first kappa shape index (κ1) is 53.8. The first-order valence-corrected chi connectivity index (χ1v) is 25.2. The van der Waals surface area contributed by atoms with Crippen LogP contribution < -0.4 is 18.9 Å². The lowest BCUT2D eigenvalue weighted by molar-refractivity contribution is -0.432. The molecule has 0 aliphatic heterocycles. The van der Waals surface area contributed by atoms with E-state index in [9.17, 15) is 13.0 Å². The summed E-state index contributed by atoms with van der Waals surface area (Å²) in [6.07, 6.45) is 6.29. The predicted octanol–water partition coefficient (Wildman–Crippen LogP) is 10.8. The van der Waals surface area contributed by atoms with E-state index in [4.69, 9.17) is 29.5 Å². The number of rotatable bonds is 27. The number of hydrogen-bond donors (Lipinski definition) is 9. The zero-order valence-corrected chi connectivity index (χ0v) is 41.7. The van der Waals surface area contributed by atoms with E-state index in [2.05, 4.69) is 107 Å². The summed E-state index contributed by atoms with van der Waals surface area (Å²) in [5.74, 6) is 3.17. The third-order valence-electron chi connectivity index (χ3n) is 8.81. The van der Waals surface area contributed by atoms with Gasteiger partial charge in [-0.1, -0.05) is 16.1 Å². The van der Waals surface area contributed by atoms with Gasteiger partial charge in [-0.15, -0.1) is 59.2 Å². The summed E-state index contributed by atoms with van der Waals surface area (Å²) in [5.41, 5.74) is 1.10. The Labute approximate surface area is 408 Å². The smallest absolute Gasteiger partial charge is 0.298 e. The molecule has 5 aromatic rings. The zero-order chi connectivity index (χ0) is 45.8. The molecule has 0 saturated heterocycles. The molecular formula is C39H50N2O13S9. The van der Waals surface area contributed by atoms with Crippen LogP contribution in [0.3, 0.4) is 0 Å². The Bertz CT molecular complexity index is 2260. The highest BCUT2D eigenvalue weighted by Crippen LogP contribution is 2.41. The number of nitrogens with zero attached hydrogens (tertiary/aromatic N) is 2. The summed E-state index contributed by atoms with van der Waals surface area (Å²) in [4.78, 5) is 0.363. The Morgan fingerprint density at radius 2 is 1.05 bits per heavy atom. The monoisotopic (exact) mass is 1040 g/mol. The molecule has 15 nitrogen and oxygen atoms in total. The molecule has 0 fully saturated rings. The molecule has 0 radical (unpaired) electrons. The van der Waals surface area contributed by atoms with Gasteiger partial charge >= 0.3 is 0 Å². The fraction of sp³-hybridized carbons (Fsp3) is 0.385. The first-order valence-electron chi connectivity index (χ1n) is 19.2. The second-order valence-electron chi connectivity index (χ2n) is 13.3. The van der Waals surface area contributed by atoms with Crippen molar-refractivity contribution in [1.29, 1.82) is 0 Å². The molecule has 0 aliphatic rings. The van der Waals surface area contributed by atoms with E-state index in [0.29, 0.717) is 58.4 Å². The van der Waals surface area contributed by atoms with Crippen LogP contribution in [0, 0.1) is 6.92 Å². The van der Waals surface area contributed by atoms with Crippen molar-refractivity contribution in [2.45, 2.75) is 93.3 Å². The van der Waals surface area contributed by atoms with Gasteiger partial charge in [-0.2, -0.15) is 33.7 Å². The van der Waals surface area contributed by atoms with Gasteiger partial charge in [0.15, 0.2) is 11.5 Å². The van der Waals surface area contributed by atoms with E-state index in [1.165, 1.54) is 6.07 Å². The maximum atomic E-state index is 12.1. The average Bonchev–Trinajstić information content (AvgIpc) is 3.75. The van der Waals surface area contributed by atoms with Crippen LogP contribution in [-0.4, -0.2) is 70.6 Å². The molecule has 0 atom stereocenters. The summed E-state index contributed by atoms with van der Waals surface area (Å²) in [5, 5.41) is 28.8. The van der Waals surface area contributed by atoms with Crippen LogP contribution in [0.5, 0.6) is 23.0 Å². The SMILES string of the molecule is Cc1cc(OCCCCCS)c2c(OCCCCCS)cc(SOOO)cc2c1.O=S(=O)(O)c1cc(SOOO)cc(OCCn2c(S)ccc2S)c1OCCn1c(S)ccc1S. The van der Waals surface area contributed by atoms with Gasteiger partial charge in [0.05, 0.1) is 75.9 Å². The molecule has 0 saturated carbocycles. The van der Waals surface area contributed by atoms with Gasteiger partial charge in [-0.25, -0.2) is 10.5 Å². The van der Waals surface area contributed by atoms with Crippen LogP contribution in [0.2, 0.25) is 0 Å². The largest absolute Gasteiger partial charge is 0.493 e. The van der Waals surface area contributed by atoms with Gasteiger partial charge in [0.25, 0.3) is 10.1 Å². The van der Waals surface area contributed by atoms with Gasteiger partial charge < -0.3 is 28.1 Å². The summed E-state index contributed by atoms with van der Waals surface area (Å²) in [6.45, 7) is 4.04. The first-order chi connectivity index (χ1) is 30.3. The summed E-state index contributed by atoms with van der Waals surface area (Å²) < 4.78 is 70.4. The summed E-state index contributed by atoms with van der Waals surface area (Å²) >= 11 is 27.3. The molecule has 2 aromatic heterocycles. The molecule has 348 valence electrons. The number of thiol groups is 6. The lowest BCUT2D eigenvalue weighted by Gasteiger charge is -2.18. The van der Waals surface area contributed by atoms with Crippen molar-refractivity contribution in [3.63, 3.8) is 0 Å². The standard InChI is InChI=1S/C21H30O5S3.C18H20N2O8S6/c1-16-12-17-14-18(29-26-25-22)15-20(24-9-5-3-7-11-28)21(17)19(13-16)23-8-4-2-6-10-27;21-27-28-33-11-9-12(25-7-5-19-14(29)1-2-15(19)30)18(13(10-11)34(22,23)24)26-8-6-20-16(31)3-4-17(20)32/h12-15,22,27-28H,2-11H2,1H3;1-4,9-10,21,29-32H,5-8H2,(H,22,23,24). The van der Waals surface area contributed by atoms with Crippen LogP contribution in [-0.2, 0) is 42.0 Å². The van der Waals surface area contributed by atoms with E-state index in [1.807, 2.05) is 19.1 Å². The molecular weight excluding hydrogens is 993 g/mol. The Hall–Kier alpha value is -1.85. The quantitative estimate of drug-likeness (QED) is 0.00606. The number of aryl methyl sites for hydroxylation is 1.